The Bertz CT molecular complexity index is 541. The Morgan fingerprint density at radius 2 is 1.89 bits per heavy atom. The second-order valence-corrected chi connectivity index (χ2v) is 5.39. The third kappa shape index (κ3) is 2.05. The minimum Gasteiger partial charge on any atom is -0.478 e. The Labute approximate surface area is 107 Å². The van der Waals surface area contributed by atoms with Crippen molar-refractivity contribution in [3.63, 3.8) is 0 Å². The molecule has 0 amide bonds. The van der Waals surface area contributed by atoms with Gasteiger partial charge in [-0.2, -0.15) is 13.2 Å². The van der Waals surface area contributed by atoms with E-state index in [4.69, 9.17) is 5.11 Å². The van der Waals surface area contributed by atoms with Crippen LogP contribution in [-0.2, 0) is 6.18 Å². The van der Waals surface area contributed by atoms with Gasteiger partial charge < -0.3 is 10.0 Å². The number of hydrogen-bond acceptors (Lipinski definition) is 2. The number of carboxylic acids is 1. The van der Waals surface area contributed by atoms with E-state index in [1.54, 1.807) is 0 Å². The Kier molecular flexibility index (Phi) is 2.37. The summed E-state index contributed by atoms with van der Waals surface area (Å²) in [5.41, 5.74) is -0.489. The molecule has 102 valence electrons. The highest BCUT2D eigenvalue weighted by Crippen LogP contribution is 2.54. The van der Waals surface area contributed by atoms with Crippen molar-refractivity contribution in [2.24, 2.45) is 5.41 Å². The normalized spacial score (nSPS) is 20.3. The Hall–Kier alpha value is -1.72. The van der Waals surface area contributed by atoms with Gasteiger partial charge in [0.25, 0.3) is 0 Å². The van der Waals surface area contributed by atoms with E-state index in [1.165, 1.54) is 6.07 Å². The van der Waals surface area contributed by atoms with Crippen LogP contribution in [0.25, 0.3) is 0 Å². The van der Waals surface area contributed by atoms with Crippen molar-refractivity contribution >= 4 is 11.7 Å². The zero-order chi connectivity index (χ0) is 13.8. The third-order valence-corrected chi connectivity index (χ3v) is 3.90. The van der Waals surface area contributed by atoms with Gasteiger partial charge in [-0.25, -0.2) is 4.79 Å². The summed E-state index contributed by atoms with van der Waals surface area (Å²) < 4.78 is 37.8. The smallest absolute Gasteiger partial charge is 0.416 e. The molecule has 2 aliphatic rings. The number of alkyl halides is 3. The summed E-state index contributed by atoms with van der Waals surface area (Å²) in [4.78, 5) is 13.0. The zero-order valence-corrected chi connectivity index (χ0v) is 10.00. The van der Waals surface area contributed by atoms with Crippen molar-refractivity contribution in [1.29, 1.82) is 0 Å². The van der Waals surface area contributed by atoms with E-state index in [2.05, 4.69) is 0 Å². The van der Waals surface area contributed by atoms with Gasteiger partial charge in [-0.05, 0) is 31.0 Å². The van der Waals surface area contributed by atoms with Gasteiger partial charge in [0.2, 0.25) is 0 Å². The molecule has 1 saturated heterocycles. The number of halogens is 3. The molecule has 6 heteroatoms. The van der Waals surface area contributed by atoms with Crippen LogP contribution >= 0.6 is 0 Å². The quantitative estimate of drug-likeness (QED) is 0.899. The minimum atomic E-state index is -4.52. The average Bonchev–Trinajstić information content (AvgIpc) is 3.05. The molecule has 1 spiro atoms. The molecule has 0 unspecified atom stereocenters. The van der Waals surface area contributed by atoms with E-state index in [0.29, 0.717) is 11.1 Å². The SMILES string of the molecule is O=C(O)c1cc(C(F)(F)F)ccc1N1CC2(CC2)C1. The van der Waals surface area contributed by atoms with E-state index in [1.807, 2.05) is 4.90 Å². The number of anilines is 1. The molecule has 3 rings (SSSR count). The average molecular weight is 271 g/mol. The van der Waals surface area contributed by atoms with Crippen LogP contribution in [0.5, 0.6) is 0 Å². The van der Waals surface area contributed by atoms with E-state index in [9.17, 15) is 18.0 Å². The maximum Gasteiger partial charge on any atom is 0.416 e. The van der Waals surface area contributed by atoms with Crippen LogP contribution < -0.4 is 4.90 Å². The van der Waals surface area contributed by atoms with Crippen LogP contribution in [0.4, 0.5) is 18.9 Å². The van der Waals surface area contributed by atoms with Crippen molar-refractivity contribution in [3.05, 3.63) is 29.3 Å². The summed E-state index contributed by atoms with van der Waals surface area (Å²) in [7, 11) is 0. The van der Waals surface area contributed by atoms with Crippen LogP contribution in [0.2, 0.25) is 0 Å². The van der Waals surface area contributed by atoms with Gasteiger partial charge in [-0.3, -0.25) is 0 Å². The van der Waals surface area contributed by atoms with Crippen molar-refractivity contribution in [3.8, 4) is 0 Å². The first-order valence-corrected chi connectivity index (χ1v) is 6.00. The van der Waals surface area contributed by atoms with Crippen molar-refractivity contribution < 1.29 is 23.1 Å². The summed E-state index contributed by atoms with van der Waals surface area (Å²) in [5.74, 6) is -1.32. The second kappa shape index (κ2) is 3.65. The van der Waals surface area contributed by atoms with Crippen LogP contribution in [-0.4, -0.2) is 24.2 Å². The molecule has 1 N–H and O–H groups in total. The van der Waals surface area contributed by atoms with E-state index >= 15 is 0 Å². The zero-order valence-electron chi connectivity index (χ0n) is 10.00. The topological polar surface area (TPSA) is 40.5 Å². The fourth-order valence-corrected chi connectivity index (χ4v) is 2.59. The predicted molar refractivity (Wildman–Crippen MR) is 62.3 cm³/mol. The summed E-state index contributed by atoms with van der Waals surface area (Å²) in [6.45, 7) is 1.50. The molecule has 0 bridgehead atoms. The van der Waals surface area contributed by atoms with E-state index in [-0.39, 0.29) is 5.56 Å². The number of aromatic carboxylic acids is 1. The van der Waals surface area contributed by atoms with Gasteiger partial charge in [0.1, 0.15) is 0 Å². The molecular formula is C13H12F3NO2. The standard InChI is InChI=1S/C13H12F3NO2/c14-13(15,16)8-1-2-10(9(5-8)11(18)19)17-6-12(7-17)3-4-12/h1-2,5H,3-4,6-7H2,(H,18,19). The maximum atomic E-state index is 12.6. The van der Waals surface area contributed by atoms with Crippen LogP contribution in [0.3, 0.4) is 0 Å². The molecule has 1 saturated carbocycles. The first-order chi connectivity index (χ1) is 8.81. The summed E-state index contributed by atoms with van der Waals surface area (Å²) in [6, 6.07) is 2.93. The van der Waals surface area contributed by atoms with Gasteiger partial charge in [-0.1, -0.05) is 0 Å². The number of benzene rings is 1. The molecule has 1 aromatic rings. The lowest BCUT2D eigenvalue weighted by atomic mass is 9.94. The molecule has 1 aliphatic carbocycles. The number of carboxylic acid groups (broad SMARTS) is 1. The molecule has 1 heterocycles. The van der Waals surface area contributed by atoms with Gasteiger partial charge in [0, 0.05) is 18.5 Å². The monoisotopic (exact) mass is 271 g/mol. The molecule has 0 aromatic heterocycles. The lowest BCUT2D eigenvalue weighted by Gasteiger charge is -2.42. The molecule has 0 atom stereocenters. The molecular weight excluding hydrogens is 259 g/mol. The Morgan fingerprint density at radius 1 is 1.26 bits per heavy atom. The number of nitrogens with zero attached hydrogens (tertiary/aromatic N) is 1. The summed E-state index contributed by atoms with van der Waals surface area (Å²) in [5, 5.41) is 9.08. The van der Waals surface area contributed by atoms with Gasteiger partial charge in [0.05, 0.1) is 16.8 Å². The van der Waals surface area contributed by atoms with E-state index < -0.39 is 17.7 Å². The fraction of sp³-hybridized carbons (Fsp3) is 0.462. The molecule has 19 heavy (non-hydrogen) atoms. The highest BCUT2D eigenvalue weighted by molar-refractivity contribution is 5.95. The van der Waals surface area contributed by atoms with Crippen molar-refractivity contribution in [2.45, 2.75) is 19.0 Å². The van der Waals surface area contributed by atoms with Crippen LogP contribution in [0.1, 0.15) is 28.8 Å². The Balaban J connectivity index is 1.93. The lowest BCUT2D eigenvalue weighted by molar-refractivity contribution is -0.137. The number of carbonyl (C=O) groups is 1. The summed E-state index contributed by atoms with van der Waals surface area (Å²) >= 11 is 0. The molecule has 0 radical (unpaired) electrons. The van der Waals surface area contributed by atoms with Crippen LogP contribution in [0.15, 0.2) is 18.2 Å². The highest BCUT2D eigenvalue weighted by Gasteiger charge is 2.52. The molecule has 2 fully saturated rings. The molecule has 1 aliphatic heterocycles. The number of rotatable bonds is 2. The third-order valence-electron chi connectivity index (χ3n) is 3.90. The Morgan fingerprint density at radius 3 is 2.37 bits per heavy atom. The second-order valence-electron chi connectivity index (χ2n) is 5.39. The van der Waals surface area contributed by atoms with Gasteiger partial charge in [-0.15, -0.1) is 0 Å². The maximum absolute atomic E-state index is 12.6. The fourth-order valence-electron chi connectivity index (χ4n) is 2.59. The first-order valence-electron chi connectivity index (χ1n) is 6.00. The minimum absolute atomic E-state index is 0.273. The molecule has 3 nitrogen and oxygen atoms in total. The largest absolute Gasteiger partial charge is 0.478 e. The number of hydrogen-bond donors (Lipinski definition) is 1. The van der Waals surface area contributed by atoms with E-state index in [0.717, 1.165) is 38.1 Å². The molecule has 1 aromatic carbocycles. The highest BCUT2D eigenvalue weighted by atomic mass is 19.4. The first kappa shape index (κ1) is 12.3. The van der Waals surface area contributed by atoms with Gasteiger partial charge in [0.15, 0.2) is 0 Å². The predicted octanol–water partition coefficient (Wildman–Crippen LogP) is 3.00. The summed E-state index contributed by atoms with van der Waals surface area (Å²) in [6.07, 6.45) is -2.26. The van der Waals surface area contributed by atoms with Gasteiger partial charge >= 0.3 is 12.1 Å². The van der Waals surface area contributed by atoms with Crippen molar-refractivity contribution in [1.82, 2.24) is 0 Å². The lowest BCUT2D eigenvalue weighted by Crippen LogP contribution is -2.49. The van der Waals surface area contributed by atoms with Crippen molar-refractivity contribution in [2.75, 3.05) is 18.0 Å². The van der Waals surface area contributed by atoms with Crippen LogP contribution in [0, 0.1) is 5.41 Å².